The first-order chi connectivity index (χ1) is 14.0. The van der Waals surface area contributed by atoms with Crippen molar-refractivity contribution in [3.8, 4) is 11.5 Å². The van der Waals surface area contributed by atoms with Crippen molar-refractivity contribution >= 4 is 45.4 Å². The molecular weight excluding hydrogens is 452 g/mol. The number of rotatable bonds is 8. The number of benzene rings is 2. The fourth-order valence-corrected chi connectivity index (χ4v) is 4.19. The van der Waals surface area contributed by atoms with Gasteiger partial charge in [0, 0.05) is 10.2 Å². The second kappa shape index (κ2) is 9.89. The van der Waals surface area contributed by atoms with Crippen LogP contribution in [0.15, 0.2) is 58.4 Å². The standard InChI is InChI=1S/C22H23BrN2O3S/c1-4-10-28-19-13-17(23)15(11-18(19)27-3)12-20-21(26)25-22(29-20)24-16-8-6-14(5-2)7-9-16/h4,6-9,11-13,22,24H,1,5,10H2,2-3H3,(H,25,26)/b20-12-/t22-/m1/s1. The summed E-state index contributed by atoms with van der Waals surface area (Å²) in [5.41, 5.74) is 2.85. The Hall–Kier alpha value is -2.38. The number of aryl methyl sites for hydroxylation is 1. The number of hydrogen-bond acceptors (Lipinski definition) is 5. The molecule has 1 saturated heterocycles. The van der Waals surface area contributed by atoms with E-state index in [4.69, 9.17) is 9.47 Å². The van der Waals surface area contributed by atoms with Crippen LogP contribution in [0.5, 0.6) is 11.5 Å². The fraction of sp³-hybridized carbons (Fsp3) is 0.227. The molecule has 1 aliphatic rings. The van der Waals surface area contributed by atoms with Gasteiger partial charge in [0.05, 0.1) is 12.0 Å². The Morgan fingerprint density at radius 2 is 2.03 bits per heavy atom. The monoisotopic (exact) mass is 474 g/mol. The van der Waals surface area contributed by atoms with Crippen molar-refractivity contribution in [1.82, 2.24) is 5.32 Å². The van der Waals surface area contributed by atoms with E-state index in [2.05, 4.69) is 52.2 Å². The molecule has 1 atom stereocenters. The molecule has 3 rings (SSSR count). The maximum atomic E-state index is 12.4. The predicted molar refractivity (Wildman–Crippen MR) is 123 cm³/mol. The SMILES string of the molecule is C=CCOc1cc(Br)c(/C=C2\S[C@H](Nc3ccc(CC)cc3)NC2=O)cc1OC. The van der Waals surface area contributed by atoms with Crippen LogP contribution >= 0.6 is 27.7 Å². The van der Waals surface area contributed by atoms with E-state index in [-0.39, 0.29) is 11.4 Å². The van der Waals surface area contributed by atoms with Gasteiger partial charge in [-0.3, -0.25) is 4.79 Å². The summed E-state index contributed by atoms with van der Waals surface area (Å²) in [6.45, 7) is 6.16. The fourth-order valence-electron chi connectivity index (χ4n) is 2.78. The predicted octanol–water partition coefficient (Wildman–Crippen LogP) is 5.18. The van der Waals surface area contributed by atoms with E-state index in [1.807, 2.05) is 30.3 Å². The molecule has 2 aromatic rings. The van der Waals surface area contributed by atoms with Crippen LogP contribution in [-0.2, 0) is 11.2 Å². The lowest BCUT2D eigenvalue weighted by Crippen LogP contribution is -2.30. The zero-order valence-electron chi connectivity index (χ0n) is 16.3. The lowest BCUT2D eigenvalue weighted by atomic mass is 10.1. The van der Waals surface area contributed by atoms with Crippen molar-refractivity contribution in [1.29, 1.82) is 0 Å². The van der Waals surface area contributed by atoms with Gasteiger partial charge in [-0.2, -0.15) is 0 Å². The molecule has 7 heteroatoms. The Morgan fingerprint density at radius 3 is 2.69 bits per heavy atom. The number of carbonyl (C=O) groups is 1. The third-order valence-corrected chi connectivity index (χ3v) is 6.03. The minimum atomic E-state index is -0.225. The Bertz CT molecular complexity index is 928. The molecule has 1 amide bonds. The van der Waals surface area contributed by atoms with Crippen LogP contribution in [0.4, 0.5) is 5.69 Å². The molecule has 0 unspecified atom stereocenters. The number of thioether (sulfide) groups is 1. The number of methoxy groups -OCH3 is 1. The van der Waals surface area contributed by atoms with Gasteiger partial charge in [-0.15, -0.1) is 0 Å². The number of halogens is 1. The third kappa shape index (κ3) is 5.36. The van der Waals surface area contributed by atoms with E-state index in [0.717, 1.165) is 22.1 Å². The number of carbonyl (C=O) groups excluding carboxylic acids is 1. The molecule has 2 aromatic carbocycles. The van der Waals surface area contributed by atoms with E-state index in [1.165, 1.54) is 17.3 Å². The molecule has 0 spiro atoms. The van der Waals surface area contributed by atoms with Gasteiger partial charge >= 0.3 is 0 Å². The van der Waals surface area contributed by atoms with Gasteiger partial charge in [0.15, 0.2) is 17.0 Å². The second-order valence-electron chi connectivity index (χ2n) is 6.30. The minimum absolute atomic E-state index is 0.115. The minimum Gasteiger partial charge on any atom is -0.493 e. The highest BCUT2D eigenvalue weighted by Crippen LogP contribution is 2.37. The molecule has 0 bridgehead atoms. The zero-order chi connectivity index (χ0) is 20.8. The Morgan fingerprint density at radius 1 is 1.28 bits per heavy atom. The molecule has 1 aliphatic heterocycles. The lowest BCUT2D eigenvalue weighted by molar-refractivity contribution is -0.116. The summed E-state index contributed by atoms with van der Waals surface area (Å²) in [6, 6.07) is 11.9. The molecule has 1 fully saturated rings. The summed E-state index contributed by atoms with van der Waals surface area (Å²) in [7, 11) is 1.59. The normalized spacial score (nSPS) is 17.1. The first-order valence-corrected chi connectivity index (χ1v) is 10.9. The van der Waals surface area contributed by atoms with Crippen molar-refractivity contribution in [2.75, 3.05) is 19.0 Å². The van der Waals surface area contributed by atoms with Crippen molar-refractivity contribution in [3.05, 3.63) is 69.6 Å². The molecule has 5 nitrogen and oxygen atoms in total. The average Bonchev–Trinajstić information content (AvgIpc) is 3.07. The van der Waals surface area contributed by atoms with Gasteiger partial charge < -0.3 is 20.1 Å². The van der Waals surface area contributed by atoms with Crippen molar-refractivity contribution in [2.45, 2.75) is 18.8 Å². The largest absolute Gasteiger partial charge is 0.493 e. The van der Waals surface area contributed by atoms with E-state index in [0.29, 0.717) is 23.0 Å². The zero-order valence-corrected chi connectivity index (χ0v) is 18.7. The Labute approximate surface area is 183 Å². The second-order valence-corrected chi connectivity index (χ2v) is 8.30. The van der Waals surface area contributed by atoms with Gasteiger partial charge in [-0.25, -0.2) is 0 Å². The summed E-state index contributed by atoms with van der Waals surface area (Å²) in [5.74, 6) is 1.09. The van der Waals surface area contributed by atoms with Crippen LogP contribution in [0.3, 0.4) is 0 Å². The maximum Gasteiger partial charge on any atom is 0.260 e. The lowest BCUT2D eigenvalue weighted by Gasteiger charge is -2.13. The first kappa shape index (κ1) is 21.3. The number of hydrogen-bond donors (Lipinski definition) is 2. The highest BCUT2D eigenvalue weighted by atomic mass is 79.9. The van der Waals surface area contributed by atoms with Crippen LogP contribution in [-0.4, -0.2) is 25.1 Å². The molecule has 29 heavy (non-hydrogen) atoms. The topological polar surface area (TPSA) is 59.6 Å². The molecule has 152 valence electrons. The molecule has 0 aliphatic carbocycles. The van der Waals surface area contributed by atoms with Gasteiger partial charge in [-0.1, -0.05) is 59.4 Å². The molecule has 0 saturated carbocycles. The molecule has 0 aromatic heterocycles. The summed E-state index contributed by atoms with van der Waals surface area (Å²) < 4.78 is 11.8. The van der Waals surface area contributed by atoms with E-state index >= 15 is 0 Å². The Balaban J connectivity index is 1.76. The smallest absolute Gasteiger partial charge is 0.260 e. The Kier molecular flexibility index (Phi) is 7.28. The van der Waals surface area contributed by atoms with Gasteiger partial charge in [-0.05, 0) is 47.9 Å². The van der Waals surface area contributed by atoms with Gasteiger partial charge in [0.25, 0.3) is 5.91 Å². The summed E-state index contributed by atoms with van der Waals surface area (Å²) in [6.07, 6.45) is 4.51. The number of nitrogens with one attached hydrogen (secondary N) is 2. The quantitative estimate of drug-likeness (QED) is 0.407. The summed E-state index contributed by atoms with van der Waals surface area (Å²) in [4.78, 5) is 13.1. The number of anilines is 1. The summed E-state index contributed by atoms with van der Waals surface area (Å²) >= 11 is 4.99. The van der Waals surface area contributed by atoms with Crippen molar-refractivity contribution < 1.29 is 14.3 Å². The number of ether oxygens (including phenoxy) is 2. The summed E-state index contributed by atoms with van der Waals surface area (Å²) in [5, 5.41) is 6.28. The molecular formula is C22H23BrN2O3S. The van der Waals surface area contributed by atoms with E-state index in [9.17, 15) is 4.79 Å². The molecule has 0 radical (unpaired) electrons. The van der Waals surface area contributed by atoms with E-state index < -0.39 is 0 Å². The van der Waals surface area contributed by atoms with Gasteiger partial charge in [0.2, 0.25) is 0 Å². The van der Waals surface area contributed by atoms with Gasteiger partial charge in [0.1, 0.15) is 6.61 Å². The molecule has 1 heterocycles. The van der Waals surface area contributed by atoms with E-state index in [1.54, 1.807) is 13.2 Å². The van der Waals surface area contributed by atoms with Crippen LogP contribution < -0.4 is 20.1 Å². The maximum absolute atomic E-state index is 12.4. The highest BCUT2D eigenvalue weighted by molar-refractivity contribution is 9.10. The third-order valence-electron chi connectivity index (χ3n) is 4.32. The van der Waals surface area contributed by atoms with Crippen LogP contribution in [0.2, 0.25) is 0 Å². The van der Waals surface area contributed by atoms with Crippen molar-refractivity contribution in [3.63, 3.8) is 0 Å². The van der Waals surface area contributed by atoms with Crippen LogP contribution in [0.25, 0.3) is 6.08 Å². The van der Waals surface area contributed by atoms with Crippen molar-refractivity contribution in [2.24, 2.45) is 0 Å². The highest BCUT2D eigenvalue weighted by Gasteiger charge is 2.27. The first-order valence-electron chi connectivity index (χ1n) is 9.20. The molecule has 2 N–H and O–H groups in total. The average molecular weight is 475 g/mol. The van der Waals surface area contributed by atoms with Crippen LogP contribution in [0, 0.1) is 0 Å². The van der Waals surface area contributed by atoms with Crippen LogP contribution in [0.1, 0.15) is 18.1 Å². The number of amides is 1.